The Morgan fingerprint density at radius 2 is 2.12 bits per heavy atom. The van der Waals surface area contributed by atoms with Crippen molar-refractivity contribution in [3.8, 4) is 0 Å². The van der Waals surface area contributed by atoms with Crippen molar-refractivity contribution in [2.75, 3.05) is 11.5 Å². The van der Waals surface area contributed by atoms with E-state index in [4.69, 9.17) is 10.2 Å². The van der Waals surface area contributed by atoms with Gasteiger partial charge in [0.1, 0.15) is 5.52 Å². The standard InChI is InChI=1S/C10H9F3N2OS/c11-10(12,13)3-4-17-9-15-7-2-1-6(14)5-8(7)16-9/h1-2,5H,3-4,14H2. The molecule has 7 heteroatoms. The number of thioether (sulfide) groups is 1. The zero-order valence-electron chi connectivity index (χ0n) is 8.62. The summed E-state index contributed by atoms with van der Waals surface area (Å²) in [6, 6.07) is 4.92. The summed E-state index contributed by atoms with van der Waals surface area (Å²) in [5.74, 6) is -0.105. The van der Waals surface area contributed by atoms with E-state index in [1.54, 1.807) is 18.2 Å². The summed E-state index contributed by atoms with van der Waals surface area (Å²) in [6.07, 6.45) is -5.01. The molecule has 92 valence electrons. The molecule has 0 atom stereocenters. The van der Waals surface area contributed by atoms with Crippen LogP contribution in [0, 0.1) is 0 Å². The summed E-state index contributed by atoms with van der Waals surface area (Å²) in [5.41, 5.74) is 7.15. The first-order valence-corrected chi connectivity index (χ1v) is 5.78. The molecule has 2 N–H and O–H groups in total. The third-order valence-electron chi connectivity index (χ3n) is 2.00. The smallest absolute Gasteiger partial charge is 0.389 e. The van der Waals surface area contributed by atoms with Gasteiger partial charge in [0.2, 0.25) is 0 Å². The second kappa shape index (κ2) is 4.48. The number of anilines is 1. The van der Waals surface area contributed by atoms with Crippen molar-refractivity contribution < 1.29 is 17.6 Å². The Balaban J connectivity index is 2.05. The number of nitrogen functional groups attached to an aromatic ring is 1. The predicted molar refractivity (Wildman–Crippen MR) is 59.8 cm³/mol. The number of aromatic nitrogens is 1. The van der Waals surface area contributed by atoms with Crippen LogP contribution < -0.4 is 5.73 Å². The number of nitrogens with zero attached hydrogens (tertiary/aromatic N) is 1. The minimum absolute atomic E-state index is 0.105. The third kappa shape index (κ3) is 3.29. The number of benzene rings is 1. The van der Waals surface area contributed by atoms with E-state index in [0.717, 1.165) is 11.8 Å². The van der Waals surface area contributed by atoms with Crippen LogP contribution in [-0.4, -0.2) is 16.9 Å². The van der Waals surface area contributed by atoms with E-state index in [1.165, 1.54) is 0 Å². The van der Waals surface area contributed by atoms with Crippen LogP contribution in [0.3, 0.4) is 0 Å². The molecule has 0 unspecified atom stereocenters. The first-order valence-electron chi connectivity index (χ1n) is 4.80. The Morgan fingerprint density at radius 3 is 2.82 bits per heavy atom. The summed E-state index contributed by atoms with van der Waals surface area (Å²) in [4.78, 5) is 4.05. The molecule has 0 saturated carbocycles. The quantitative estimate of drug-likeness (QED) is 0.680. The lowest BCUT2D eigenvalue weighted by Gasteiger charge is -2.02. The molecule has 3 nitrogen and oxygen atoms in total. The molecular weight excluding hydrogens is 253 g/mol. The molecule has 1 heterocycles. The lowest BCUT2D eigenvalue weighted by molar-refractivity contribution is -0.129. The van der Waals surface area contributed by atoms with Crippen molar-refractivity contribution in [3.05, 3.63) is 18.2 Å². The van der Waals surface area contributed by atoms with E-state index in [-0.39, 0.29) is 11.0 Å². The van der Waals surface area contributed by atoms with Gasteiger partial charge < -0.3 is 10.2 Å². The first-order chi connectivity index (χ1) is 7.94. The van der Waals surface area contributed by atoms with Gasteiger partial charge in [-0.1, -0.05) is 11.8 Å². The van der Waals surface area contributed by atoms with E-state index in [2.05, 4.69) is 4.98 Å². The average molecular weight is 262 g/mol. The Bertz CT molecular complexity index is 524. The highest BCUT2D eigenvalue weighted by atomic mass is 32.2. The lowest BCUT2D eigenvalue weighted by atomic mass is 10.3. The minimum atomic E-state index is -4.15. The average Bonchev–Trinajstić information content (AvgIpc) is 2.57. The molecule has 0 aliphatic carbocycles. The van der Waals surface area contributed by atoms with Crippen LogP contribution in [0.1, 0.15) is 6.42 Å². The molecule has 0 saturated heterocycles. The van der Waals surface area contributed by atoms with E-state index < -0.39 is 12.6 Å². The first kappa shape index (κ1) is 12.1. The van der Waals surface area contributed by atoms with Gasteiger partial charge in [0.15, 0.2) is 5.58 Å². The molecule has 0 spiro atoms. The number of halogens is 3. The number of oxazole rings is 1. The van der Waals surface area contributed by atoms with Crippen molar-refractivity contribution in [2.45, 2.75) is 17.8 Å². The number of hydrogen-bond acceptors (Lipinski definition) is 4. The molecule has 0 aliphatic heterocycles. The highest BCUT2D eigenvalue weighted by Gasteiger charge is 2.26. The van der Waals surface area contributed by atoms with E-state index in [9.17, 15) is 13.2 Å². The van der Waals surface area contributed by atoms with Gasteiger partial charge >= 0.3 is 6.18 Å². The molecule has 0 aliphatic rings. The fraction of sp³-hybridized carbons (Fsp3) is 0.300. The van der Waals surface area contributed by atoms with Crippen LogP contribution in [0.15, 0.2) is 27.8 Å². The normalized spacial score (nSPS) is 12.2. The zero-order chi connectivity index (χ0) is 12.5. The number of fused-ring (bicyclic) bond motifs is 1. The van der Waals surface area contributed by atoms with Crippen LogP contribution in [0.4, 0.5) is 18.9 Å². The van der Waals surface area contributed by atoms with Crippen molar-refractivity contribution >= 4 is 28.5 Å². The maximum absolute atomic E-state index is 11.9. The van der Waals surface area contributed by atoms with Gasteiger partial charge in [0.05, 0.1) is 6.42 Å². The second-order valence-corrected chi connectivity index (χ2v) is 4.47. The molecule has 1 aromatic heterocycles. The van der Waals surface area contributed by atoms with Gasteiger partial charge in [-0.15, -0.1) is 0 Å². The fourth-order valence-electron chi connectivity index (χ4n) is 1.24. The maximum Gasteiger partial charge on any atom is 0.389 e. The SMILES string of the molecule is Nc1ccc2nc(SCCC(F)(F)F)oc2c1. The molecule has 17 heavy (non-hydrogen) atoms. The summed E-state index contributed by atoms with van der Waals surface area (Å²) < 4.78 is 41.1. The van der Waals surface area contributed by atoms with E-state index >= 15 is 0 Å². The second-order valence-electron chi connectivity index (χ2n) is 3.42. The van der Waals surface area contributed by atoms with Gasteiger partial charge in [-0.2, -0.15) is 13.2 Å². The van der Waals surface area contributed by atoms with Crippen LogP contribution in [0.25, 0.3) is 11.1 Å². The van der Waals surface area contributed by atoms with Crippen LogP contribution in [0.5, 0.6) is 0 Å². The Labute approximate surface area is 99.2 Å². The Kier molecular flexibility index (Phi) is 3.19. The number of nitrogens with two attached hydrogens (primary N) is 1. The largest absolute Gasteiger partial charge is 0.431 e. The number of rotatable bonds is 3. The molecular formula is C10H9F3N2OS. The molecule has 1 aromatic carbocycles. The number of alkyl halides is 3. The zero-order valence-corrected chi connectivity index (χ0v) is 9.44. The number of hydrogen-bond donors (Lipinski definition) is 1. The van der Waals surface area contributed by atoms with Crippen molar-refractivity contribution in [1.82, 2.24) is 4.98 Å². The van der Waals surface area contributed by atoms with E-state index in [1.807, 2.05) is 0 Å². The highest BCUT2D eigenvalue weighted by molar-refractivity contribution is 7.99. The van der Waals surface area contributed by atoms with Crippen molar-refractivity contribution in [3.63, 3.8) is 0 Å². The molecule has 0 radical (unpaired) electrons. The van der Waals surface area contributed by atoms with Crippen molar-refractivity contribution in [1.29, 1.82) is 0 Å². The summed E-state index contributed by atoms with van der Waals surface area (Å²) in [7, 11) is 0. The minimum Gasteiger partial charge on any atom is -0.431 e. The molecule has 2 rings (SSSR count). The van der Waals surface area contributed by atoms with Gasteiger partial charge in [-0.25, -0.2) is 4.98 Å². The fourth-order valence-corrected chi connectivity index (χ4v) is 2.06. The predicted octanol–water partition coefficient (Wildman–Crippen LogP) is 3.45. The maximum atomic E-state index is 11.9. The van der Waals surface area contributed by atoms with Crippen LogP contribution >= 0.6 is 11.8 Å². The highest BCUT2D eigenvalue weighted by Crippen LogP contribution is 2.28. The summed E-state index contributed by atoms with van der Waals surface area (Å²) >= 11 is 0.940. The topological polar surface area (TPSA) is 52.0 Å². The van der Waals surface area contributed by atoms with Gasteiger partial charge in [0, 0.05) is 17.5 Å². The van der Waals surface area contributed by atoms with Gasteiger partial charge in [-0.3, -0.25) is 0 Å². The Morgan fingerprint density at radius 1 is 1.35 bits per heavy atom. The molecule has 0 amide bonds. The monoisotopic (exact) mass is 262 g/mol. The van der Waals surface area contributed by atoms with E-state index in [0.29, 0.717) is 16.8 Å². The molecule has 0 fully saturated rings. The van der Waals surface area contributed by atoms with Crippen molar-refractivity contribution in [2.24, 2.45) is 0 Å². The third-order valence-corrected chi connectivity index (χ3v) is 2.83. The van der Waals surface area contributed by atoms with Crippen LogP contribution in [-0.2, 0) is 0 Å². The summed E-state index contributed by atoms with van der Waals surface area (Å²) in [5, 5.41) is 0.231. The molecule has 2 aromatic rings. The Hall–Kier alpha value is -1.37. The molecule has 0 bridgehead atoms. The van der Waals surface area contributed by atoms with Gasteiger partial charge in [-0.05, 0) is 12.1 Å². The lowest BCUT2D eigenvalue weighted by Crippen LogP contribution is -2.07. The van der Waals surface area contributed by atoms with Gasteiger partial charge in [0.25, 0.3) is 5.22 Å². The summed E-state index contributed by atoms with van der Waals surface area (Å²) in [6.45, 7) is 0. The van der Waals surface area contributed by atoms with Crippen LogP contribution in [0.2, 0.25) is 0 Å².